The van der Waals surface area contributed by atoms with Crippen molar-refractivity contribution in [2.24, 2.45) is 0 Å². The van der Waals surface area contributed by atoms with Gasteiger partial charge < -0.3 is 0 Å². The van der Waals surface area contributed by atoms with Crippen LogP contribution >= 0.6 is 11.6 Å². The lowest BCUT2D eigenvalue weighted by Crippen LogP contribution is -2.23. The highest BCUT2D eigenvalue weighted by Crippen LogP contribution is 2.33. The van der Waals surface area contributed by atoms with E-state index in [0.29, 0.717) is 33.5 Å². The molecule has 0 amide bonds. The predicted octanol–water partition coefficient (Wildman–Crippen LogP) is 6.70. The number of pyridine rings is 1. The monoisotopic (exact) mass is 467 g/mol. The molecule has 0 bridgehead atoms. The molecule has 166 valence electrons. The minimum Gasteiger partial charge on any atom is -0.290 e. The van der Waals surface area contributed by atoms with Gasteiger partial charge in [-0.05, 0) is 60.5 Å². The fourth-order valence-corrected chi connectivity index (χ4v) is 4.23. The van der Waals surface area contributed by atoms with Crippen LogP contribution in [0.1, 0.15) is 12.5 Å². The highest BCUT2D eigenvalue weighted by Gasteiger charge is 2.31. The van der Waals surface area contributed by atoms with Crippen LogP contribution in [0.2, 0.25) is 5.02 Å². The molecule has 0 saturated heterocycles. The third kappa shape index (κ3) is 3.58. The Labute approximate surface area is 191 Å². The molecule has 0 aliphatic heterocycles. The van der Waals surface area contributed by atoms with Gasteiger partial charge in [0.15, 0.2) is 0 Å². The summed E-state index contributed by atoms with van der Waals surface area (Å²) in [4.78, 5) is 17.8. The number of rotatable bonds is 3. The highest BCUT2D eigenvalue weighted by molar-refractivity contribution is 6.30. The summed E-state index contributed by atoms with van der Waals surface area (Å²) < 4.78 is 43.0. The van der Waals surface area contributed by atoms with Gasteiger partial charge in [-0.15, -0.1) is 0 Å². The molecule has 33 heavy (non-hydrogen) atoms. The van der Waals surface area contributed by atoms with Crippen molar-refractivity contribution in [3.63, 3.8) is 0 Å². The number of hydrogen-bond acceptors (Lipinski definition) is 2. The summed E-state index contributed by atoms with van der Waals surface area (Å²) in [6, 6.07) is 17.8. The van der Waals surface area contributed by atoms with Gasteiger partial charge in [-0.25, -0.2) is 4.79 Å². The van der Waals surface area contributed by atoms with Crippen molar-refractivity contribution < 1.29 is 13.2 Å². The van der Waals surface area contributed by atoms with Crippen LogP contribution in [0.5, 0.6) is 0 Å². The molecular formula is C25H17ClF3N3O. The molecule has 3 aromatic carbocycles. The summed E-state index contributed by atoms with van der Waals surface area (Å²) in [5.74, 6) is 0. The molecule has 0 unspecified atom stereocenters. The Morgan fingerprint density at radius 1 is 0.970 bits per heavy atom. The lowest BCUT2D eigenvalue weighted by atomic mass is 10.0. The number of imidazole rings is 1. The van der Waals surface area contributed by atoms with E-state index in [1.807, 2.05) is 37.3 Å². The molecular weight excluding hydrogens is 451 g/mol. The molecule has 2 aromatic heterocycles. The molecule has 5 aromatic rings. The maximum Gasteiger partial charge on any atom is 0.416 e. The summed E-state index contributed by atoms with van der Waals surface area (Å²) >= 11 is 6.01. The van der Waals surface area contributed by atoms with Crippen molar-refractivity contribution in [3.8, 4) is 16.8 Å². The molecule has 0 fully saturated rings. The van der Waals surface area contributed by atoms with Gasteiger partial charge in [0.1, 0.15) is 0 Å². The van der Waals surface area contributed by atoms with Gasteiger partial charge in [-0.1, -0.05) is 35.9 Å². The second-order valence-corrected chi connectivity index (χ2v) is 8.08. The Balaban J connectivity index is 1.86. The minimum atomic E-state index is -4.52. The highest BCUT2D eigenvalue weighted by atomic mass is 35.5. The van der Waals surface area contributed by atoms with E-state index in [0.717, 1.165) is 23.3 Å². The van der Waals surface area contributed by atoms with E-state index in [1.165, 1.54) is 21.3 Å². The lowest BCUT2D eigenvalue weighted by Gasteiger charge is -2.11. The van der Waals surface area contributed by atoms with E-state index in [2.05, 4.69) is 4.98 Å². The van der Waals surface area contributed by atoms with E-state index in [-0.39, 0.29) is 5.69 Å². The van der Waals surface area contributed by atoms with Crippen molar-refractivity contribution in [3.05, 3.63) is 94.0 Å². The Morgan fingerprint density at radius 2 is 1.70 bits per heavy atom. The maximum atomic E-state index is 13.4. The van der Waals surface area contributed by atoms with Crippen LogP contribution in [-0.2, 0) is 12.7 Å². The smallest absolute Gasteiger partial charge is 0.290 e. The van der Waals surface area contributed by atoms with Crippen LogP contribution < -0.4 is 5.69 Å². The molecule has 8 heteroatoms. The largest absolute Gasteiger partial charge is 0.416 e. The van der Waals surface area contributed by atoms with E-state index in [4.69, 9.17) is 11.6 Å². The molecule has 0 aliphatic carbocycles. The molecule has 0 atom stereocenters. The standard InChI is InChI=1S/C25H17ClF3N3O/c1-2-31-22-14-30-21-11-8-16(15-6-9-18(26)10-7-15)12-20(21)23(22)32(24(31)33)19-5-3-4-17(13-19)25(27,28)29/h3-14H,2H2,1H3. The first kappa shape index (κ1) is 21.3. The number of nitrogens with zero attached hydrogens (tertiary/aromatic N) is 3. The maximum absolute atomic E-state index is 13.4. The second kappa shape index (κ2) is 7.78. The van der Waals surface area contributed by atoms with E-state index < -0.39 is 17.4 Å². The first-order valence-electron chi connectivity index (χ1n) is 10.3. The first-order chi connectivity index (χ1) is 15.8. The molecule has 4 nitrogen and oxygen atoms in total. The van der Waals surface area contributed by atoms with Gasteiger partial charge in [-0.2, -0.15) is 13.2 Å². The topological polar surface area (TPSA) is 39.8 Å². The van der Waals surface area contributed by atoms with E-state index in [9.17, 15) is 18.0 Å². The third-order valence-corrected chi connectivity index (χ3v) is 5.93. The number of hydrogen-bond donors (Lipinski definition) is 0. The van der Waals surface area contributed by atoms with Gasteiger partial charge >= 0.3 is 11.9 Å². The molecule has 0 saturated carbocycles. The Kier molecular flexibility index (Phi) is 5.01. The Hall–Kier alpha value is -3.58. The van der Waals surface area contributed by atoms with Gasteiger partial charge in [-0.3, -0.25) is 14.1 Å². The van der Waals surface area contributed by atoms with Crippen LogP contribution in [0.4, 0.5) is 13.2 Å². The first-order valence-corrected chi connectivity index (χ1v) is 10.6. The SMILES string of the molecule is CCn1c(=O)n(-c2cccc(C(F)(F)F)c2)c2c3cc(-c4ccc(Cl)cc4)ccc3ncc21. The van der Waals surface area contributed by atoms with Crippen LogP contribution in [0, 0.1) is 0 Å². The summed E-state index contributed by atoms with van der Waals surface area (Å²) in [5, 5.41) is 1.28. The zero-order chi connectivity index (χ0) is 23.3. The Morgan fingerprint density at radius 3 is 2.39 bits per heavy atom. The van der Waals surface area contributed by atoms with Gasteiger partial charge in [0.2, 0.25) is 0 Å². The average Bonchev–Trinajstić information content (AvgIpc) is 3.10. The van der Waals surface area contributed by atoms with Gasteiger partial charge in [0.05, 0.1) is 34.0 Å². The second-order valence-electron chi connectivity index (χ2n) is 7.64. The number of fused-ring (bicyclic) bond motifs is 3. The lowest BCUT2D eigenvalue weighted by molar-refractivity contribution is -0.137. The summed E-state index contributed by atoms with van der Waals surface area (Å²) in [6.45, 7) is 2.16. The van der Waals surface area contributed by atoms with Crippen molar-refractivity contribution in [2.75, 3.05) is 0 Å². The zero-order valence-corrected chi connectivity index (χ0v) is 18.2. The summed E-state index contributed by atoms with van der Waals surface area (Å²) in [7, 11) is 0. The number of alkyl halides is 3. The van der Waals surface area contributed by atoms with Crippen molar-refractivity contribution >= 4 is 33.5 Å². The van der Waals surface area contributed by atoms with Crippen LogP contribution in [0.25, 0.3) is 38.8 Å². The molecule has 0 N–H and O–H groups in total. The fraction of sp³-hybridized carbons (Fsp3) is 0.120. The van der Waals surface area contributed by atoms with Crippen LogP contribution in [0.3, 0.4) is 0 Å². The number of aryl methyl sites for hydroxylation is 1. The number of benzene rings is 3. The van der Waals surface area contributed by atoms with Crippen molar-refractivity contribution in [1.29, 1.82) is 0 Å². The molecule has 0 aliphatic rings. The average molecular weight is 468 g/mol. The quantitative estimate of drug-likeness (QED) is 0.296. The van der Waals surface area contributed by atoms with E-state index >= 15 is 0 Å². The van der Waals surface area contributed by atoms with Crippen molar-refractivity contribution in [1.82, 2.24) is 14.1 Å². The zero-order valence-electron chi connectivity index (χ0n) is 17.4. The van der Waals surface area contributed by atoms with Crippen LogP contribution in [-0.4, -0.2) is 14.1 Å². The summed E-state index contributed by atoms with van der Waals surface area (Å²) in [6.07, 6.45) is -2.93. The van der Waals surface area contributed by atoms with Crippen molar-refractivity contribution in [2.45, 2.75) is 19.6 Å². The fourth-order valence-electron chi connectivity index (χ4n) is 4.11. The molecule has 5 rings (SSSR count). The van der Waals surface area contributed by atoms with E-state index in [1.54, 1.807) is 18.3 Å². The van der Waals surface area contributed by atoms with Crippen LogP contribution in [0.15, 0.2) is 77.7 Å². The Bertz CT molecular complexity index is 1570. The summed E-state index contributed by atoms with van der Waals surface area (Å²) in [5.41, 5.74) is 2.41. The third-order valence-electron chi connectivity index (χ3n) is 5.68. The normalized spacial score (nSPS) is 12.0. The molecule has 0 radical (unpaired) electrons. The molecule has 2 heterocycles. The minimum absolute atomic E-state index is 0.149. The van der Waals surface area contributed by atoms with Gasteiger partial charge in [0, 0.05) is 17.0 Å². The molecule has 0 spiro atoms. The predicted molar refractivity (Wildman–Crippen MR) is 124 cm³/mol. The van der Waals surface area contributed by atoms with Gasteiger partial charge in [0.25, 0.3) is 0 Å². The number of halogens is 4. The number of aromatic nitrogens is 3.